The fourth-order valence-electron chi connectivity index (χ4n) is 3.02. The highest BCUT2D eigenvalue weighted by Crippen LogP contribution is 2.28. The highest BCUT2D eigenvalue weighted by Gasteiger charge is 2.28. The van der Waals surface area contributed by atoms with Crippen LogP contribution in [-0.4, -0.2) is 34.3 Å². The molecule has 0 fully saturated rings. The molecule has 5 nitrogen and oxygen atoms in total. The first kappa shape index (κ1) is 24.1. The van der Waals surface area contributed by atoms with Crippen molar-refractivity contribution in [1.29, 1.82) is 0 Å². The van der Waals surface area contributed by atoms with Crippen molar-refractivity contribution in [1.82, 2.24) is 15.0 Å². The van der Waals surface area contributed by atoms with E-state index in [0.29, 0.717) is 41.9 Å². The van der Waals surface area contributed by atoms with Crippen LogP contribution < -0.4 is 9.64 Å². The SMILES string of the molecule is CCc1ncnc(N(CCc2ccc(OCC(F)(F)F)cc2)Cc2ccc(Cl)nc2)c1Cl. The number of nitrogens with zero attached hydrogens (tertiary/aromatic N) is 4. The van der Waals surface area contributed by atoms with E-state index in [2.05, 4.69) is 15.0 Å². The summed E-state index contributed by atoms with van der Waals surface area (Å²) in [6, 6.07) is 10.1. The van der Waals surface area contributed by atoms with Gasteiger partial charge in [0.05, 0.1) is 5.69 Å². The third kappa shape index (κ3) is 6.97. The van der Waals surface area contributed by atoms with Gasteiger partial charge in [-0.05, 0) is 42.2 Å². The number of aromatic nitrogens is 3. The van der Waals surface area contributed by atoms with Crippen molar-refractivity contribution in [2.75, 3.05) is 18.1 Å². The zero-order chi connectivity index (χ0) is 23.1. The maximum atomic E-state index is 12.3. The van der Waals surface area contributed by atoms with E-state index in [4.69, 9.17) is 27.9 Å². The minimum atomic E-state index is -4.37. The number of benzene rings is 1. The van der Waals surface area contributed by atoms with Crippen LogP contribution in [0.4, 0.5) is 19.0 Å². The third-order valence-electron chi connectivity index (χ3n) is 4.64. The molecule has 2 heterocycles. The second-order valence-electron chi connectivity index (χ2n) is 7.02. The van der Waals surface area contributed by atoms with Crippen molar-refractivity contribution < 1.29 is 17.9 Å². The van der Waals surface area contributed by atoms with E-state index in [1.165, 1.54) is 18.5 Å². The maximum Gasteiger partial charge on any atom is 0.422 e. The first-order valence-electron chi connectivity index (χ1n) is 9.88. The molecule has 0 aliphatic carbocycles. The van der Waals surface area contributed by atoms with Crippen molar-refractivity contribution in [3.8, 4) is 5.75 Å². The summed E-state index contributed by atoms with van der Waals surface area (Å²) in [6.45, 7) is 1.71. The van der Waals surface area contributed by atoms with Crippen LogP contribution in [0.25, 0.3) is 0 Å². The van der Waals surface area contributed by atoms with Gasteiger partial charge in [0.2, 0.25) is 0 Å². The predicted molar refractivity (Wildman–Crippen MR) is 118 cm³/mol. The second-order valence-corrected chi connectivity index (χ2v) is 7.79. The van der Waals surface area contributed by atoms with Crippen molar-refractivity contribution in [2.45, 2.75) is 32.5 Å². The molecule has 0 N–H and O–H groups in total. The molecule has 1 aromatic carbocycles. The summed E-state index contributed by atoms with van der Waals surface area (Å²) in [5.74, 6) is 0.778. The number of hydrogen-bond acceptors (Lipinski definition) is 5. The lowest BCUT2D eigenvalue weighted by molar-refractivity contribution is -0.153. The second kappa shape index (κ2) is 10.8. The van der Waals surface area contributed by atoms with Gasteiger partial charge in [-0.25, -0.2) is 15.0 Å². The van der Waals surface area contributed by atoms with Gasteiger partial charge in [-0.1, -0.05) is 48.3 Å². The zero-order valence-electron chi connectivity index (χ0n) is 17.2. The van der Waals surface area contributed by atoms with E-state index in [9.17, 15) is 13.2 Å². The van der Waals surface area contributed by atoms with Gasteiger partial charge in [0, 0.05) is 19.3 Å². The van der Waals surface area contributed by atoms with Crippen LogP contribution in [0.5, 0.6) is 5.75 Å². The minimum absolute atomic E-state index is 0.168. The molecule has 3 aromatic rings. The Labute approximate surface area is 194 Å². The monoisotopic (exact) mass is 484 g/mol. The molecular weight excluding hydrogens is 464 g/mol. The molecule has 32 heavy (non-hydrogen) atoms. The molecule has 0 aliphatic heterocycles. The molecule has 0 unspecified atom stereocenters. The van der Waals surface area contributed by atoms with E-state index >= 15 is 0 Å². The highest BCUT2D eigenvalue weighted by atomic mass is 35.5. The third-order valence-corrected chi connectivity index (χ3v) is 5.25. The quantitative estimate of drug-likeness (QED) is 0.352. The van der Waals surface area contributed by atoms with Gasteiger partial charge in [0.25, 0.3) is 0 Å². The lowest BCUT2D eigenvalue weighted by atomic mass is 10.1. The van der Waals surface area contributed by atoms with Crippen LogP contribution in [0.3, 0.4) is 0 Å². The molecule has 3 rings (SSSR count). The summed E-state index contributed by atoms with van der Waals surface area (Å²) >= 11 is 12.4. The van der Waals surface area contributed by atoms with Crippen LogP contribution >= 0.6 is 23.2 Å². The summed E-state index contributed by atoms with van der Waals surface area (Å²) in [5.41, 5.74) is 2.62. The Bertz CT molecular complexity index is 1020. The van der Waals surface area contributed by atoms with Crippen molar-refractivity contribution in [3.05, 3.63) is 75.9 Å². The number of pyridine rings is 1. The number of hydrogen-bond donors (Lipinski definition) is 0. The van der Waals surface area contributed by atoms with Crippen LogP contribution in [0.15, 0.2) is 48.9 Å². The van der Waals surface area contributed by atoms with Crippen molar-refractivity contribution in [3.63, 3.8) is 0 Å². The molecule has 170 valence electrons. The average molecular weight is 485 g/mol. The van der Waals surface area contributed by atoms with Gasteiger partial charge in [0.1, 0.15) is 22.3 Å². The first-order valence-corrected chi connectivity index (χ1v) is 10.6. The predicted octanol–water partition coefficient (Wildman–Crippen LogP) is 5.93. The summed E-state index contributed by atoms with van der Waals surface area (Å²) < 4.78 is 41.7. The number of aryl methyl sites for hydroxylation is 1. The number of rotatable bonds is 9. The summed E-state index contributed by atoms with van der Waals surface area (Å²) in [7, 11) is 0. The lowest BCUT2D eigenvalue weighted by Crippen LogP contribution is -2.27. The molecule has 0 aliphatic rings. The lowest BCUT2D eigenvalue weighted by Gasteiger charge is -2.25. The van der Waals surface area contributed by atoms with E-state index in [1.54, 1.807) is 24.4 Å². The number of alkyl halides is 3. The Balaban J connectivity index is 1.75. The Morgan fingerprint density at radius 3 is 2.31 bits per heavy atom. The number of anilines is 1. The molecule has 10 heteroatoms. The molecule has 0 bridgehead atoms. The minimum Gasteiger partial charge on any atom is -0.484 e. The summed E-state index contributed by atoms with van der Waals surface area (Å²) in [4.78, 5) is 14.8. The van der Waals surface area contributed by atoms with Gasteiger partial charge >= 0.3 is 6.18 Å². The van der Waals surface area contributed by atoms with E-state index in [0.717, 1.165) is 16.8 Å². The molecule has 0 amide bonds. The fraction of sp³-hybridized carbons (Fsp3) is 0.318. The van der Waals surface area contributed by atoms with Gasteiger partial charge in [-0.3, -0.25) is 0 Å². The Kier molecular flexibility index (Phi) is 8.15. The van der Waals surface area contributed by atoms with Gasteiger partial charge in [-0.2, -0.15) is 13.2 Å². The van der Waals surface area contributed by atoms with Crippen LogP contribution in [0.2, 0.25) is 10.2 Å². The van der Waals surface area contributed by atoms with E-state index in [-0.39, 0.29) is 5.75 Å². The van der Waals surface area contributed by atoms with Crippen LogP contribution in [0, 0.1) is 0 Å². The molecule has 0 atom stereocenters. The number of ether oxygens (including phenoxy) is 1. The molecule has 2 aromatic heterocycles. The van der Waals surface area contributed by atoms with Crippen LogP contribution in [-0.2, 0) is 19.4 Å². The fourth-order valence-corrected chi connectivity index (χ4v) is 3.49. The van der Waals surface area contributed by atoms with Crippen molar-refractivity contribution in [2.24, 2.45) is 0 Å². The first-order chi connectivity index (χ1) is 15.2. The summed E-state index contributed by atoms with van der Waals surface area (Å²) in [5, 5.41) is 0.897. The molecular formula is C22H21Cl2F3N4O. The van der Waals surface area contributed by atoms with Gasteiger partial charge in [-0.15, -0.1) is 0 Å². The number of halogens is 5. The van der Waals surface area contributed by atoms with Gasteiger partial charge < -0.3 is 9.64 Å². The summed E-state index contributed by atoms with van der Waals surface area (Å²) in [6.07, 6.45) is 0.0914. The van der Waals surface area contributed by atoms with E-state index < -0.39 is 12.8 Å². The topological polar surface area (TPSA) is 51.1 Å². The Hall–Kier alpha value is -2.58. The molecule has 0 saturated heterocycles. The van der Waals surface area contributed by atoms with Crippen LogP contribution in [0.1, 0.15) is 23.7 Å². The Morgan fingerprint density at radius 1 is 0.969 bits per heavy atom. The zero-order valence-corrected chi connectivity index (χ0v) is 18.8. The highest BCUT2D eigenvalue weighted by molar-refractivity contribution is 6.33. The van der Waals surface area contributed by atoms with Crippen molar-refractivity contribution >= 4 is 29.0 Å². The molecule has 0 spiro atoms. The van der Waals surface area contributed by atoms with E-state index in [1.807, 2.05) is 17.9 Å². The smallest absolute Gasteiger partial charge is 0.422 e. The Morgan fingerprint density at radius 2 is 1.69 bits per heavy atom. The normalized spacial score (nSPS) is 11.4. The maximum absolute atomic E-state index is 12.3. The average Bonchev–Trinajstić information content (AvgIpc) is 2.77. The largest absolute Gasteiger partial charge is 0.484 e. The molecule has 0 saturated carbocycles. The van der Waals surface area contributed by atoms with Gasteiger partial charge in [0.15, 0.2) is 12.4 Å². The molecule has 0 radical (unpaired) electrons. The standard InChI is InChI=1S/C22H21Cl2F3N4O/c1-2-18-20(24)21(30-14-29-18)31(12-16-5-8-19(23)28-11-16)10-9-15-3-6-17(7-4-15)32-13-22(25,26)27/h3-8,11,14H,2,9-10,12-13H2,1H3.